The highest BCUT2D eigenvalue weighted by molar-refractivity contribution is 7.89. The lowest BCUT2D eigenvalue weighted by Crippen LogP contribution is -2.43. The number of aryl methyl sites for hydroxylation is 1. The van der Waals surface area contributed by atoms with Gasteiger partial charge in [-0.15, -0.1) is 0 Å². The van der Waals surface area contributed by atoms with Crippen LogP contribution in [-0.4, -0.2) is 45.1 Å². The van der Waals surface area contributed by atoms with Crippen LogP contribution < -0.4 is 24.2 Å². The molecule has 1 atom stereocenters. The normalized spacial score (nSPS) is 14.3. The van der Waals surface area contributed by atoms with Gasteiger partial charge in [-0.05, 0) is 77.9 Å². The van der Waals surface area contributed by atoms with Crippen molar-refractivity contribution in [1.29, 1.82) is 0 Å². The fourth-order valence-corrected chi connectivity index (χ4v) is 6.72. The van der Waals surface area contributed by atoms with Crippen molar-refractivity contribution in [3.63, 3.8) is 0 Å². The van der Waals surface area contributed by atoms with Crippen molar-refractivity contribution in [2.45, 2.75) is 55.8 Å². The van der Waals surface area contributed by atoms with Crippen molar-refractivity contribution in [3.05, 3.63) is 119 Å². The highest BCUT2D eigenvalue weighted by Crippen LogP contribution is 2.33. The van der Waals surface area contributed by atoms with Gasteiger partial charge in [0, 0.05) is 25.6 Å². The maximum Gasteiger partial charge on any atom is 0.247 e. The molecule has 0 saturated heterocycles. The Kier molecular flexibility index (Phi) is 9.74. The SMILES string of the molecule is COc1ccc(CN(C(=O)CCc2ccc(S(=O)(=O)NC3CC3)cc2)C(C(=O)NCc2ccc3c(c2)OCO3)c2ccccc2)cc1. The molecule has 0 spiro atoms. The van der Waals surface area contributed by atoms with Crippen LogP contribution >= 0.6 is 0 Å². The summed E-state index contributed by atoms with van der Waals surface area (Å²) in [5, 5.41) is 3.03. The molecule has 0 bridgehead atoms. The molecule has 1 unspecified atom stereocenters. The van der Waals surface area contributed by atoms with Crippen LogP contribution in [0.1, 0.15) is 47.6 Å². The molecule has 11 heteroatoms. The number of nitrogens with one attached hydrogen (secondary N) is 2. The molecular weight excluding hydrogens is 618 g/mol. The molecule has 1 heterocycles. The van der Waals surface area contributed by atoms with E-state index in [1.54, 1.807) is 36.3 Å². The number of ether oxygens (including phenoxy) is 3. The molecule has 6 rings (SSSR count). The zero-order valence-corrected chi connectivity index (χ0v) is 26.9. The number of rotatable bonds is 14. The Morgan fingerprint density at radius 2 is 1.55 bits per heavy atom. The van der Waals surface area contributed by atoms with Crippen molar-refractivity contribution in [2.75, 3.05) is 13.9 Å². The largest absolute Gasteiger partial charge is 0.497 e. The third-order valence-electron chi connectivity index (χ3n) is 8.17. The number of sulfonamides is 1. The molecule has 2 aliphatic rings. The molecule has 47 heavy (non-hydrogen) atoms. The number of hydrogen-bond donors (Lipinski definition) is 2. The Bertz CT molecular complexity index is 1810. The smallest absolute Gasteiger partial charge is 0.247 e. The number of nitrogens with zero attached hydrogens (tertiary/aromatic N) is 1. The molecule has 10 nitrogen and oxygen atoms in total. The van der Waals surface area contributed by atoms with Gasteiger partial charge in [0.2, 0.25) is 28.6 Å². The Morgan fingerprint density at radius 3 is 2.26 bits per heavy atom. The van der Waals surface area contributed by atoms with E-state index in [0.717, 1.165) is 29.5 Å². The molecule has 0 aromatic heterocycles. The maximum absolute atomic E-state index is 14.1. The lowest BCUT2D eigenvalue weighted by molar-refractivity contribution is -0.141. The fourth-order valence-electron chi connectivity index (χ4n) is 5.41. The van der Waals surface area contributed by atoms with E-state index in [-0.39, 0.29) is 49.1 Å². The summed E-state index contributed by atoms with van der Waals surface area (Å²) in [7, 11) is -1.98. The van der Waals surface area contributed by atoms with E-state index in [4.69, 9.17) is 14.2 Å². The lowest BCUT2D eigenvalue weighted by atomic mass is 10.0. The zero-order chi connectivity index (χ0) is 32.8. The van der Waals surface area contributed by atoms with Gasteiger partial charge in [0.05, 0.1) is 12.0 Å². The predicted octanol–water partition coefficient (Wildman–Crippen LogP) is 4.88. The molecule has 1 fully saturated rings. The van der Waals surface area contributed by atoms with E-state index in [1.165, 1.54) is 0 Å². The number of methoxy groups -OCH3 is 1. The van der Waals surface area contributed by atoms with Crippen LogP contribution in [0.25, 0.3) is 0 Å². The number of carbonyl (C=O) groups excluding carboxylic acids is 2. The van der Waals surface area contributed by atoms with Gasteiger partial charge in [-0.3, -0.25) is 9.59 Å². The topological polar surface area (TPSA) is 123 Å². The van der Waals surface area contributed by atoms with Crippen molar-refractivity contribution < 1.29 is 32.2 Å². The van der Waals surface area contributed by atoms with Gasteiger partial charge < -0.3 is 24.4 Å². The lowest BCUT2D eigenvalue weighted by Gasteiger charge is -2.32. The van der Waals surface area contributed by atoms with Crippen LogP contribution in [-0.2, 0) is 39.1 Å². The number of carbonyl (C=O) groups is 2. The van der Waals surface area contributed by atoms with E-state index < -0.39 is 16.1 Å². The molecular formula is C36H37N3O7S. The minimum absolute atomic E-state index is 0.0146. The van der Waals surface area contributed by atoms with E-state index >= 15 is 0 Å². The molecule has 0 radical (unpaired) electrons. The van der Waals surface area contributed by atoms with Gasteiger partial charge in [0.1, 0.15) is 11.8 Å². The number of amides is 2. The van der Waals surface area contributed by atoms with Crippen molar-refractivity contribution >= 4 is 21.8 Å². The second kappa shape index (κ2) is 14.3. The predicted molar refractivity (Wildman–Crippen MR) is 175 cm³/mol. The molecule has 1 saturated carbocycles. The molecule has 1 aliphatic heterocycles. The third kappa shape index (κ3) is 8.11. The standard InChI is InChI=1S/C36H37N3O7S/c1-44-30-15-7-26(8-16-30)23-39(34(40)20-12-25-9-17-31(18-10-25)47(42,43)38-29-13-14-29)35(28-5-3-2-4-6-28)36(41)37-22-27-11-19-32-33(21-27)46-24-45-32/h2-11,15-19,21,29,35,38H,12-14,20,22-24H2,1H3,(H,37,41). The summed E-state index contributed by atoms with van der Waals surface area (Å²) in [5.74, 6) is 1.42. The highest BCUT2D eigenvalue weighted by atomic mass is 32.2. The number of fused-ring (bicyclic) bond motifs is 1. The van der Waals surface area contributed by atoms with Crippen LogP contribution in [0.2, 0.25) is 0 Å². The summed E-state index contributed by atoms with van der Waals surface area (Å²) in [6.07, 6.45) is 2.19. The van der Waals surface area contributed by atoms with Gasteiger partial charge in [-0.2, -0.15) is 0 Å². The fraction of sp³-hybridized carbons (Fsp3) is 0.278. The summed E-state index contributed by atoms with van der Waals surface area (Å²) in [5.41, 5.74) is 3.16. The highest BCUT2D eigenvalue weighted by Gasteiger charge is 2.32. The Morgan fingerprint density at radius 1 is 0.872 bits per heavy atom. The molecule has 2 amide bonds. The minimum Gasteiger partial charge on any atom is -0.497 e. The third-order valence-corrected chi connectivity index (χ3v) is 9.71. The number of benzene rings is 4. The van der Waals surface area contributed by atoms with Crippen LogP contribution in [0, 0.1) is 0 Å². The summed E-state index contributed by atoms with van der Waals surface area (Å²) in [4.78, 5) is 29.9. The Hall–Kier alpha value is -4.87. The first kappa shape index (κ1) is 32.1. The van der Waals surface area contributed by atoms with Gasteiger partial charge in [0.25, 0.3) is 0 Å². The summed E-state index contributed by atoms with van der Waals surface area (Å²) in [6, 6.07) is 27.8. The Balaban J connectivity index is 1.23. The van der Waals surface area contributed by atoms with E-state index in [0.29, 0.717) is 29.2 Å². The first-order chi connectivity index (χ1) is 22.8. The molecule has 244 valence electrons. The molecule has 4 aromatic rings. The van der Waals surface area contributed by atoms with Gasteiger partial charge in [0.15, 0.2) is 11.5 Å². The molecule has 4 aromatic carbocycles. The minimum atomic E-state index is -3.57. The second-order valence-corrected chi connectivity index (χ2v) is 13.3. The van der Waals surface area contributed by atoms with Crippen LogP contribution in [0.15, 0.2) is 102 Å². The monoisotopic (exact) mass is 655 g/mol. The van der Waals surface area contributed by atoms with Gasteiger partial charge in [-0.25, -0.2) is 13.1 Å². The van der Waals surface area contributed by atoms with Crippen molar-refractivity contribution in [1.82, 2.24) is 14.9 Å². The summed E-state index contributed by atoms with van der Waals surface area (Å²) >= 11 is 0. The second-order valence-electron chi connectivity index (χ2n) is 11.6. The van der Waals surface area contributed by atoms with E-state index in [1.807, 2.05) is 72.8 Å². The van der Waals surface area contributed by atoms with Crippen molar-refractivity contribution in [3.8, 4) is 17.2 Å². The number of hydrogen-bond acceptors (Lipinski definition) is 7. The summed E-state index contributed by atoms with van der Waals surface area (Å²) in [6.45, 7) is 0.572. The van der Waals surface area contributed by atoms with Crippen molar-refractivity contribution in [2.24, 2.45) is 0 Å². The van der Waals surface area contributed by atoms with E-state index in [2.05, 4.69) is 10.0 Å². The van der Waals surface area contributed by atoms with Gasteiger partial charge in [-0.1, -0.05) is 60.7 Å². The average Bonchev–Trinajstić information content (AvgIpc) is 3.77. The van der Waals surface area contributed by atoms with Crippen LogP contribution in [0.4, 0.5) is 0 Å². The van der Waals surface area contributed by atoms with Crippen LogP contribution in [0.3, 0.4) is 0 Å². The summed E-state index contributed by atoms with van der Waals surface area (Å²) < 4.78 is 44.1. The van der Waals surface area contributed by atoms with Crippen LogP contribution in [0.5, 0.6) is 17.2 Å². The Labute approximate surface area is 274 Å². The first-order valence-corrected chi connectivity index (χ1v) is 17.0. The maximum atomic E-state index is 14.1. The molecule has 1 aliphatic carbocycles. The first-order valence-electron chi connectivity index (χ1n) is 15.5. The average molecular weight is 656 g/mol. The zero-order valence-electron chi connectivity index (χ0n) is 26.1. The quantitative estimate of drug-likeness (QED) is 0.199. The van der Waals surface area contributed by atoms with Gasteiger partial charge >= 0.3 is 0 Å². The van der Waals surface area contributed by atoms with E-state index in [9.17, 15) is 18.0 Å². The molecule has 2 N–H and O–H groups in total.